The summed E-state index contributed by atoms with van der Waals surface area (Å²) in [7, 11) is 0. The van der Waals surface area contributed by atoms with Gasteiger partial charge in [-0.15, -0.1) is 0 Å². The number of aliphatic hydroxyl groups excluding tert-OH is 1. The molecule has 0 aliphatic carbocycles. The molecule has 2 aliphatic rings. The summed E-state index contributed by atoms with van der Waals surface area (Å²) in [6.07, 6.45) is 4.04. The van der Waals surface area contributed by atoms with Crippen molar-refractivity contribution >= 4 is 17.3 Å². The summed E-state index contributed by atoms with van der Waals surface area (Å²) in [4.78, 5) is 2.43. The predicted molar refractivity (Wildman–Crippen MR) is 66.0 cm³/mol. The first kappa shape index (κ1) is 10.4. The van der Waals surface area contributed by atoms with Crippen molar-refractivity contribution in [3.63, 3.8) is 0 Å². The van der Waals surface area contributed by atoms with Crippen LogP contribution in [0.25, 0.3) is 0 Å². The zero-order valence-electron chi connectivity index (χ0n) is 9.14. The van der Waals surface area contributed by atoms with E-state index < -0.39 is 0 Å². The van der Waals surface area contributed by atoms with Crippen LogP contribution in [0.3, 0.4) is 0 Å². The molecule has 1 N–H and O–H groups in total. The molecule has 2 nitrogen and oxygen atoms in total. The van der Waals surface area contributed by atoms with Gasteiger partial charge in [0.1, 0.15) is 0 Å². The molecular weight excluding hydrogens is 222 g/mol. The molecule has 0 spiro atoms. The molecule has 1 aromatic rings. The molecule has 16 heavy (non-hydrogen) atoms. The fraction of sp³-hybridized carbons (Fsp3) is 0.538. The Kier molecular flexibility index (Phi) is 2.56. The average molecular weight is 238 g/mol. The van der Waals surface area contributed by atoms with Gasteiger partial charge < -0.3 is 10.0 Å². The van der Waals surface area contributed by atoms with Gasteiger partial charge >= 0.3 is 0 Å². The molecular formula is C13H16ClNO. The summed E-state index contributed by atoms with van der Waals surface area (Å²) in [5.41, 5.74) is 1.14. The summed E-state index contributed by atoms with van der Waals surface area (Å²) in [5.74, 6) is 0. The predicted octanol–water partition coefficient (Wildman–Crippen LogP) is 2.83. The second-order valence-electron chi connectivity index (χ2n) is 4.87. The zero-order valence-corrected chi connectivity index (χ0v) is 9.90. The zero-order chi connectivity index (χ0) is 11.1. The van der Waals surface area contributed by atoms with E-state index in [2.05, 4.69) is 11.0 Å². The number of piperidine rings is 1. The van der Waals surface area contributed by atoms with Crippen LogP contribution in [0, 0.1) is 0 Å². The number of fused-ring (bicyclic) bond motifs is 2. The van der Waals surface area contributed by atoms with Gasteiger partial charge in [-0.05, 0) is 37.8 Å². The number of benzene rings is 1. The third-order valence-electron chi connectivity index (χ3n) is 3.84. The summed E-state index contributed by atoms with van der Waals surface area (Å²) in [5, 5.41) is 10.6. The Balaban J connectivity index is 1.94. The maximum absolute atomic E-state index is 9.76. The second-order valence-corrected chi connectivity index (χ2v) is 5.28. The smallest absolute Gasteiger partial charge is 0.0639 e. The SMILES string of the molecule is OC1CC2CCC(C1)N2c1ccccc1Cl. The number of halogens is 1. The lowest BCUT2D eigenvalue weighted by atomic mass is 9.99. The third kappa shape index (κ3) is 1.61. The Labute approximate surface area is 101 Å². The van der Waals surface area contributed by atoms with E-state index >= 15 is 0 Å². The quantitative estimate of drug-likeness (QED) is 0.812. The van der Waals surface area contributed by atoms with Crippen LogP contribution in [0.2, 0.25) is 5.02 Å². The molecule has 0 saturated carbocycles. The number of rotatable bonds is 1. The molecule has 2 unspecified atom stereocenters. The Bertz CT molecular complexity index is 381. The standard InChI is InChI=1S/C13H16ClNO/c14-12-3-1-2-4-13(12)15-9-5-6-10(15)8-11(16)7-9/h1-4,9-11,16H,5-8H2. The van der Waals surface area contributed by atoms with E-state index in [9.17, 15) is 5.11 Å². The third-order valence-corrected chi connectivity index (χ3v) is 4.16. The van der Waals surface area contributed by atoms with Crippen LogP contribution in [-0.2, 0) is 0 Å². The molecule has 0 radical (unpaired) electrons. The Morgan fingerprint density at radius 3 is 2.38 bits per heavy atom. The maximum Gasteiger partial charge on any atom is 0.0639 e. The largest absolute Gasteiger partial charge is 0.393 e. The first-order chi connectivity index (χ1) is 7.75. The minimum atomic E-state index is -0.115. The van der Waals surface area contributed by atoms with E-state index in [1.54, 1.807) is 0 Å². The van der Waals surface area contributed by atoms with Crippen molar-refractivity contribution in [2.45, 2.75) is 43.9 Å². The van der Waals surface area contributed by atoms with E-state index in [0.717, 1.165) is 23.6 Å². The molecule has 2 atom stereocenters. The van der Waals surface area contributed by atoms with Gasteiger partial charge in [0.05, 0.1) is 16.8 Å². The van der Waals surface area contributed by atoms with Crippen LogP contribution in [-0.4, -0.2) is 23.3 Å². The van der Waals surface area contributed by atoms with E-state index in [1.807, 2.05) is 18.2 Å². The van der Waals surface area contributed by atoms with E-state index in [1.165, 1.54) is 12.8 Å². The number of aliphatic hydroxyl groups is 1. The van der Waals surface area contributed by atoms with Crippen molar-refractivity contribution in [3.8, 4) is 0 Å². The lowest BCUT2D eigenvalue weighted by molar-refractivity contribution is 0.126. The molecule has 2 aliphatic heterocycles. The van der Waals surface area contributed by atoms with Crippen molar-refractivity contribution in [1.82, 2.24) is 0 Å². The van der Waals surface area contributed by atoms with Crippen molar-refractivity contribution in [3.05, 3.63) is 29.3 Å². The highest BCUT2D eigenvalue weighted by atomic mass is 35.5. The minimum absolute atomic E-state index is 0.115. The van der Waals surface area contributed by atoms with Crippen molar-refractivity contribution < 1.29 is 5.11 Å². The molecule has 2 saturated heterocycles. The molecule has 0 aromatic heterocycles. The van der Waals surface area contributed by atoms with Crippen LogP contribution in [0.1, 0.15) is 25.7 Å². The lowest BCUT2D eigenvalue weighted by Crippen LogP contribution is -2.44. The Morgan fingerprint density at radius 2 is 1.75 bits per heavy atom. The van der Waals surface area contributed by atoms with Crippen LogP contribution >= 0.6 is 11.6 Å². The van der Waals surface area contributed by atoms with E-state index in [0.29, 0.717) is 12.1 Å². The number of nitrogens with zero attached hydrogens (tertiary/aromatic N) is 1. The first-order valence-corrected chi connectivity index (χ1v) is 6.34. The van der Waals surface area contributed by atoms with Gasteiger partial charge in [0.25, 0.3) is 0 Å². The second kappa shape index (κ2) is 3.94. The molecule has 2 fully saturated rings. The monoisotopic (exact) mass is 237 g/mol. The summed E-state index contributed by atoms with van der Waals surface area (Å²) < 4.78 is 0. The number of hydrogen-bond acceptors (Lipinski definition) is 2. The topological polar surface area (TPSA) is 23.5 Å². The van der Waals surface area contributed by atoms with Gasteiger partial charge in [0.15, 0.2) is 0 Å². The molecule has 0 amide bonds. The van der Waals surface area contributed by atoms with Gasteiger partial charge in [-0.2, -0.15) is 0 Å². The molecule has 2 bridgehead atoms. The highest BCUT2D eigenvalue weighted by Crippen LogP contribution is 2.41. The summed E-state index contributed by atoms with van der Waals surface area (Å²) >= 11 is 6.25. The average Bonchev–Trinajstić information content (AvgIpc) is 2.53. The maximum atomic E-state index is 9.76. The van der Waals surface area contributed by atoms with Crippen molar-refractivity contribution in [1.29, 1.82) is 0 Å². The number of para-hydroxylation sites is 1. The van der Waals surface area contributed by atoms with Gasteiger partial charge in [-0.1, -0.05) is 23.7 Å². The minimum Gasteiger partial charge on any atom is -0.393 e. The van der Waals surface area contributed by atoms with Gasteiger partial charge in [0, 0.05) is 12.1 Å². The van der Waals surface area contributed by atoms with Gasteiger partial charge in [-0.3, -0.25) is 0 Å². The van der Waals surface area contributed by atoms with E-state index in [-0.39, 0.29) is 6.10 Å². The lowest BCUT2D eigenvalue weighted by Gasteiger charge is -2.39. The van der Waals surface area contributed by atoms with Crippen LogP contribution < -0.4 is 4.90 Å². The molecule has 2 heterocycles. The van der Waals surface area contributed by atoms with E-state index in [4.69, 9.17) is 11.6 Å². The number of anilines is 1. The molecule has 1 aromatic carbocycles. The Morgan fingerprint density at radius 1 is 1.12 bits per heavy atom. The van der Waals surface area contributed by atoms with Crippen LogP contribution in [0.5, 0.6) is 0 Å². The summed E-state index contributed by atoms with van der Waals surface area (Å²) in [6, 6.07) is 8.99. The van der Waals surface area contributed by atoms with Gasteiger partial charge in [-0.25, -0.2) is 0 Å². The fourth-order valence-corrected chi connectivity index (χ4v) is 3.44. The Hall–Kier alpha value is -0.730. The number of hydrogen-bond donors (Lipinski definition) is 1. The molecule has 86 valence electrons. The van der Waals surface area contributed by atoms with Crippen LogP contribution in [0.15, 0.2) is 24.3 Å². The van der Waals surface area contributed by atoms with Crippen molar-refractivity contribution in [2.75, 3.05) is 4.90 Å². The van der Waals surface area contributed by atoms with Crippen molar-refractivity contribution in [2.24, 2.45) is 0 Å². The highest BCUT2D eigenvalue weighted by molar-refractivity contribution is 6.33. The highest BCUT2D eigenvalue weighted by Gasteiger charge is 2.40. The summed E-state index contributed by atoms with van der Waals surface area (Å²) in [6.45, 7) is 0. The molecule has 3 rings (SSSR count). The fourth-order valence-electron chi connectivity index (χ4n) is 3.20. The first-order valence-electron chi connectivity index (χ1n) is 5.96. The van der Waals surface area contributed by atoms with Crippen LogP contribution in [0.4, 0.5) is 5.69 Å². The van der Waals surface area contributed by atoms with Gasteiger partial charge in [0.2, 0.25) is 0 Å². The molecule has 3 heteroatoms. The normalized spacial score (nSPS) is 33.1.